The second-order valence-corrected chi connectivity index (χ2v) is 9.24. The van der Waals surface area contributed by atoms with Gasteiger partial charge in [0.15, 0.2) is 0 Å². The van der Waals surface area contributed by atoms with Crippen LogP contribution in [0.3, 0.4) is 0 Å². The molecule has 4 heterocycles. The van der Waals surface area contributed by atoms with Gasteiger partial charge in [0, 0.05) is 43.7 Å². The van der Waals surface area contributed by atoms with Crippen molar-refractivity contribution in [2.75, 3.05) is 19.6 Å². The Kier molecular flexibility index (Phi) is 7.92. The Labute approximate surface area is 180 Å². The maximum Gasteiger partial charge on any atom is 0.290 e. The first-order valence-corrected chi connectivity index (χ1v) is 11.6. The van der Waals surface area contributed by atoms with Crippen molar-refractivity contribution in [1.29, 1.82) is 0 Å². The number of rotatable bonds is 5. The first kappa shape index (κ1) is 22.8. The molecule has 0 aliphatic carbocycles. The molecule has 0 unspecified atom stereocenters. The number of aromatic amines is 1. The monoisotopic (exact) mass is 418 g/mol. The van der Waals surface area contributed by atoms with E-state index in [1.165, 1.54) is 50.6 Å². The average Bonchev–Trinajstić information content (AvgIpc) is 3.07. The lowest BCUT2D eigenvalue weighted by atomic mass is 9.71. The molecule has 3 saturated heterocycles. The number of piperidine rings is 3. The Bertz CT molecular complexity index is 719. The predicted octanol–water partition coefficient (Wildman–Crippen LogP) is 3.16. The molecule has 0 radical (unpaired) electrons. The third-order valence-corrected chi connectivity index (χ3v) is 7.49. The van der Waals surface area contributed by atoms with E-state index >= 15 is 0 Å². The van der Waals surface area contributed by atoms with Gasteiger partial charge >= 0.3 is 0 Å². The van der Waals surface area contributed by atoms with Gasteiger partial charge in [-0.2, -0.15) is 5.10 Å². The molecule has 1 aromatic heterocycles. The van der Waals surface area contributed by atoms with Crippen LogP contribution in [0, 0.1) is 25.7 Å². The first-order chi connectivity index (χ1) is 14.5. The number of nitrogens with zero attached hydrogens (tertiary/aromatic N) is 3. The van der Waals surface area contributed by atoms with Crippen molar-refractivity contribution < 1.29 is 14.7 Å². The molecule has 2 N–H and O–H groups in total. The molecule has 0 saturated carbocycles. The number of nitrogens with one attached hydrogen (secondary N) is 1. The molecule has 3 aliphatic rings. The minimum atomic E-state index is -0.250. The van der Waals surface area contributed by atoms with E-state index in [1.807, 2.05) is 6.92 Å². The largest absolute Gasteiger partial charge is 0.483 e. The second kappa shape index (κ2) is 10.4. The molecule has 7 nitrogen and oxygen atoms in total. The summed E-state index contributed by atoms with van der Waals surface area (Å²) in [7, 11) is 0. The summed E-state index contributed by atoms with van der Waals surface area (Å²) >= 11 is 0. The van der Waals surface area contributed by atoms with E-state index in [0.29, 0.717) is 30.2 Å². The highest BCUT2D eigenvalue weighted by atomic mass is 16.3. The van der Waals surface area contributed by atoms with E-state index in [2.05, 4.69) is 33.8 Å². The molecule has 4 atom stereocenters. The van der Waals surface area contributed by atoms with Gasteiger partial charge in [-0.05, 0) is 63.5 Å². The SMILES string of the molecule is CCC[C@H]1[C@H]2C[C@H](CN(C(=O)CCc3n[nH]c(C)c3C)C2)[C@@H]2CCCCN21.O=CO. The fraction of sp³-hybridized carbons (Fsp3) is 0.783. The van der Waals surface area contributed by atoms with Gasteiger partial charge in [-0.3, -0.25) is 19.6 Å². The van der Waals surface area contributed by atoms with Gasteiger partial charge in [0.25, 0.3) is 6.47 Å². The molecule has 0 spiro atoms. The molecule has 0 aromatic carbocycles. The molecule has 168 valence electrons. The lowest BCUT2D eigenvalue weighted by molar-refractivity contribution is -0.141. The quantitative estimate of drug-likeness (QED) is 0.717. The van der Waals surface area contributed by atoms with E-state index in [9.17, 15) is 4.79 Å². The third kappa shape index (κ3) is 4.88. The Balaban J connectivity index is 0.000000806. The molecule has 7 heteroatoms. The van der Waals surface area contributed by atoms with Crippen molar-refractivity contribution in [3.63, 3.8) is 0 Å². The molecule has 3 aliphatic heterocycles. The highest BCUT2D eigenvalue weighted by Crippen LogP contribution is 2.42. The van der Waals surface area contributed by atoms with Crippen LogP contribution in [0.2, 0.25) is 0 Å². The Morgan fingerprint density at radius 3 is 2.67 bits per heavy atom. The van der Waals surface area contributed by atoms with Gasteiger partial charge < -0.3 is 10.0 Å². The first-order valence-electron chi connectivity index (χ1n) is 11.6. The van der Waals surface area contributed by atoms with Crippen LogP contribution in [-0.4, -0.2) is 69.2 Å². The number of H-pyrrole nitrogens is 1. The Morgan fingerprint density at radius 2 is 2.00 bits per heavy atom. The summed E-state index contributed by atoms with van der Waals surface area (Å²) in [5.74, 6) is 1.70. The van der Waals surface area contributed by atoms with E-state index in [0.717, 1.165) is 36.9 Å². The van der Waals surface area contributed by atoms with Crippen LogP contribution >= 0.6 is 0 Å². The Morgan fingerprint density at radius 1 is 1.27 bits per heavy atom. The standard InChI is InChI=1S/C22H36N4O.CH2O2/c1-4-7-20-17-12-18(21-8-5-6-11-26(20)21)14-25(13-17)22(27)10-9-19-15(2)16(3)23-24-19;2-1-3/h17-18,20-21H,4-14H2,1-3H3,(H,23,24);1H,(H,2,3)/t17-,18+,20-,21-;/m0./s1. The zero-order chi connectivity index (χ0) is 21.7. The summed E-state index contributed by atoms with van der Waals surface area (Å²) in [5, 5.41) is 14.3. The molecule has 2 bridgehead atoms. The van der Waals surface area contributed by atoms with Crippen LogP contribution in [0.4, 0.5) is 0 Å². The fourth-order valence-electron chi connectivity index (χ4n) is 5.97. The normalized spacial score (nSPS) is 28.3. The topological polar surface area (TPSA) is 89.5 Å². The number of hydrogen-bond acceptors (Lipinski definition) is 4. The van der Waals surface area contributed by atoms with Crippen molar-refractivity contribution in [2.24, 2.45) is 11.8 Å². The lowest BCUT2D eigenvalue weighted by Crippen LogP contribution is -2.64. The van der Waals surface area contributed by atoms with E-state index < -0.39 is 0 Å². The number of likely N-dealkylation sites (tertiary alicyclic amines) is 1. The van der Waals surface area contributed by atoms with E-state index in [4.69, 9.17) is 9.90 Å². The number of fused-ring (bicyclic) bond motifs is 4. The number of amides is 1. The zero-order valence-electron chi connectivity index (χ0n) is 18.8. The van der Waals surface area contributed by atoms with E-state index in [-0.39, 0.29) is 6.47 Å². The minimum Gasteiger partial charge on any atom is -0.483 e. The molecule has 3 fully saturated rings. The molecule has 4 rings (SSSR count). The zero-order valence-corrected chi connectivity index (χ0v) is 18.8. The minimum absolute atomic E-state index is 0.250. The van der Waals surface area contributed by atoms with Crippen LogP contribution in [-0.2, 0) is 16.0 Å². The average molecular weight is 419 g/mol. The summed E-state index contributed by atoms with van der Waals surface area (Å²) in [6.45, 7) is 9.44. The van der Waals surface area contributed by atoms with Gasteiger partial charge in [-0.15, -0.1) is 0 Å². The number of hydrogen-bond donors (Lipinski definition) is 2. The van der Waals surface area contributed by atoms with Crippen LogP contribution in [0.15, 0.2) is 0 Å². The molecule has 1 aromatic rings. The Hall–Kier alpha value is -1.89. The van der Waals surface area contributed by atoms with Crippen molar-refractivity contribution >= 4 is 12.4 Å². The predicted molar refractivity (Wildman–Crippen MR) is 116 cm³/mol. The van der Waals surface area contributed by atoms with Crippen molar-refractivity contribution in [3.8, 4) is 0 Å². The van der Waals surface area contributed by atoms with Crippen molar-refractivity contribution in [1.82, 2.24) is 20.0 Å². The van der Waals surface area contributed by atoms with Gasteiger partial charge in [0.1, 0.15) is 0 Å². The summed E-state index contributed by atoms with van der Waals surface area (Å²) in [5.41, 5.74) is 3.38. The third-order valence-electron chi connectivity index (χ3n) is 7.49. The molecule has 30 heavy (non-hydrogen) atoms. The smallest absolute Gasteiger partial charge is 0.290 e. The van der Waals surface area contributed by atoms with Gasteiger partial charge in [-0.1, -0.05) is 19.8 Å². The highest BCUT2D eigenvalue weighted by molar-refractivity contribution is 5.76. The van der Waals surface area contributed by atoms with Gasteiger partial charge in [0.05, 0.1) is 5.69 Å². The van der Waals surface area contributed by atoms with Crippen LogP contribution < -0.4 is 0 Å². The van der Waals surface area contributed by atoms with Crippen molar-refractivity contribution in [3.05, 3.63) is 17.0 Å². The summed E-state index contributed by atoms with van der Waals surface area (Å²) < 4.78 is 0. The fourth-order valence-corrected chi connectivity index (χ4v) is 5.97. The second-order valence-electron chi connectivity index (χ2n) is 9.24. The molecular formula is C23H38N4O3. The van der Waals surface area contributed by atoms with Gasteiger partial charge in [-0.25, -0.2) is 0 Å². The number of carboxylic acid groups (broad SMARTS) is 1. The van der Waals surface area contributed by atoms with E-state index in [1.54, 1.807) is 0 Å². The maximum atomic E-state index is 13.0. The number of aromatic nitrogens is 2. The summed E-state index contributed by atoms with van der Waals surface area (Å²) in [4.78, 5) is 26.4. The molecule has 1 amide bonds. The van der Waals surface area contributed by atoms with Crippen LogP contribution in [0.5, 0.6) is 0 Å². The molecular weight excluding hydrogens is 380 g/mol. The number of carbonyl (C=O) groups excluding carboxylic acids is 1. The summed E-state index contributed by atoms with van der Waals surface area (Å²) in [6, 6.07) is 1.42. The number of carbonyl (C=O) groups is 2. The lowest BCUT2D eigenvalue weighted by Gasteiger charge is -2.57. The van der Waals surface area contributed by atoms with Crippen LogP contribution in [0.25, 0.3) is 0 Å². The van der Waals surface area contributed by atoms with Crippen LogP contribution in [0.1, 0.15) is 68.8 Å². The number of aryl methyl sites for hydroxylation is 2. The highest BCUT2D eigenvalue weighted by Gasteiger charge is 2.47. The summed E-state index contributed by atoms with van der Waals surface area (Å²) in [6.07, 6.45) is 9.31. The maximum absolute atomic E-state index is 13.0. The van der Waals surface area contributed by atoms with Gasteiger partial charge in [0.2, 0.25) is 5.91 Å². The van der Waals surface area contributed by atoms with Crippen molar-refractivity contribution in [2.45, 2.75) is 84.2 Å².